The Balaban J connectivity index is 1.79. The van der Waals surface area contributed by atoms with Crippen LogP contribution in [-0.2, 0) is 19.4 Å². The molecule has 1 aromatic heterocycles. The second-order valence-electron chi connectivity index (χ2n) is 5.04. The summed E-state index contributed by atoms with van der Waals surface area (Å²) in [6.45, 7) is 2.43. The monoisotopic (exact) mass is 254 g/mol. The van der Waals surface area contributed by atoms with E-state index in [1.54, 1.807) is 0 Å². The topological polar surface area (TPSA) is 48.1 Å². The summed E-state index contributed by atoms with van der Waals surface area (Å²) >= 11 is 0. The van der Waals surface area contributed by atoms with Gasteiger partial charge < -0.3 is 10.5 Å². The number of hydrogen-bond acceptors (Lipinski definition) is 3. The quantitative estimate of drug-likeness (QED) is 0.915. The van der Waals surface area contributed by atoms with E-state index in [1.807, 2.05) is 19.1 Å². The number of aryl methyl sites for hydroxylation is 1. The van der Waals surface area contributed by atoms with E-state index in [0.717, 1.165) is 24.1 Å². The zero-order valence-electron chi connectivity index (χ0n) is 11.1. The van der Waals surface area contributed by atoms with Crippen LogP contribution in [0.4, 0.5) is 0 Å². The summed E-state index contributed by atoms with van der Waals surface area (Å²) in [6.07, 6.45) is 2.09. The Kier molecular flexibility index (Phi) is 3.22. The smallest absolute Gasteiger partial charge is 0.218 e. The molecule has 3 rings (SSSR count). The molecule has 1 aliphatic carbocycles. The van der Waals surface area contributed by atoms with Crippen molar-refractivity contribution in [2.75, 3.05) is 0 Å². The van der Waals surface area contributed by atoms with Gasteiger partial charge in [0.15, 0.2) is 0 Å². The normalized spacial score (nSPS) is 14.4. The van der Waals surface area contributed by atoms with Crippen molar-refractivity contribution in [1.29, 1.82) is 0 Å². The van der Waals surface area contributed by atoms with Gasteiger partial charge in [0.1, 0.15) is 6.10 Å². The highest BCUT2D eigenvalue weighted by molar-refractivity contribution is 5.34. The molecule has 0 spiro atoms. The molecule has 98 valence electrons. The molecular formula is C16H18N2O. The average Bonchev–Trinajstić information content (AvgIpc) is 2.81. The number of nitrogens with zero attached hydrogens (tertiary/aromatic N) is 1. The van der Waals surface area contributed by atoms with Crippen LogP contribution in [0.5, 0.6) is 5.88 Å². The summed E-state index contributed by atoms with van der Waals surface area (Å²) in [5, 5.41) is 0. The van der Waals surface area contributed by atoms with E-state index < -0.39 is 0 Å². The van der Waals surface area contributed by atoms with E-state index in [0.29, 0.717) is 12.4 Å². The summed E-state index contributed by atoms with van der Waals surface area (Å²) in [6, 6.07) is 12.5. The first kappa shape index (κ1) is 12.2. The van der Waals surface area contributed by atoms with Crippen LogP contribution >= 0.6 is 0 Å². The van der Waals surface area contributed by atoms with Gasteiger partial charge in [0, 0.05) is 30.6 Å². The first-order chi connectivity index (χ1) is 9.26. The van der Waals surface area contributed by atoms with Gasteiger partial charge >= 0.3 is 0 Å². The minimum absolute atomic E-state index is 0.178. The zero-order valence-corrected chi connectivity index (χ0v) is 11.1. The van der Waals surface area contributed by atoms with E-state index in [4.69, 9.17) is 10.5 Å². The van der Waals surface area contributed by atoms with Crippen LogP contribution in [0.25, 0.3) is 0 Å². The fourth-order valence-electron chi connectivity index (χ4n) is 2.58. The number of rotatable bonds is 3. The van der Waals surface area contributed by atoms with Crippen LogP contribution in [0.3, 0.4) is 0 Å². The third-order valence-corrected chi connectivity index (χ3v) is 3.59. The van der Waals surface area contributed by atoms with Crippen LogP contribution in [0.1, 0.15) is 22.4 Å². The van der Waals surface area contributed by atoms with Crippen molar-refractivity contribution in [2.24, 2.45) is 5.73 Å². The third kappa shape index (κ3) is 2.47. The van der Waals surface area contributed by atoms with E-state index in [9.17, 15) is 0 Å². The number of fused-ring (bicyclic) bond motifs is 1. The van der Waals surface area contributed by atoms with Crippen molar-refractivity contribution >= 4 is 0 Å². The Labute approximate surface area is 113 Å². The zero-order chi connectivity index (χ0) is 13.2. The van der Waals surface area contributed by atoms with Crippen LogP contribution < -0.4 is 10.5 Å². The molecule has 0 aliphatic heterocycles. The first-order valence-corrected chi connectivity index (χ1v) is 6.66. The summed E-state index contributed by atoms with van der Waals surface area (Å²) < 4.78 is 6.07. The summed E-state index contributed by atoms with van der Waals surface area (Å²) in [4.78, 5) is 4.47. The van der Waals surface area contributed by atoms with Gasteiger partial charge in [0.25, 0.3) is 0 Å². The van der Waals surface area contributed by atoms with E-state index in [1.165, 1.54) is 11.1 Å². The molecule has 1 aromatic carbocycles. The number of benzene rings is 1. The number of nitrogens with two attached hydrogens (primary N) is 1. The van der Waals surface area contributed by atoms with Gasteiger partial charge in [-0.25, -0.2) is 4.98 Å². The van der Waals surface area contributed by atoms with Crippen LogP contribution in [0.15, 0.2) is 36.4 Å². The van der Waals surface area contributed by atoms with Gasteiger partial charge in [0.2, 0.25) is 5.88 Å². The van der Waals surface area contributed by atoms with Gasteiger partial charge in [-0.05, 0) is 24.1 Å². The molecule has 0 bridgehead atoms. The molecule has 0 amide bonds. The Bertz CT molecular complexity index is 570. The Morgan fingerprint density at radius 2 is 1.84 bits per heavy atom. The van der Waals surface area contributed by atoms with Gasteiger partial charge in [-0.2, -0.15) is 0 Å². The molecule has 2 N–H and O–H groups in total. The van der Waals surface area contributed by atoms with E-state index >= 15 is 0 Å². The maximum atomic E-state index is 6.07. The number of pyridine rings is 1. The van der Waals surface area contributed by atoms with Crippen LogP contribution in [0, 0.1) is 6.92 Å². The highest BCUT2D eigenvalue weighted by Crippen LogP contribution is 2.26. The predicted octanol–water partition coefficient (Wildman–Crippen LogP) is 2.39. The van der Waals surface area contributed by atoms with Gasteiger partial charge in [-0.3, -0.25) is 0 Å². The molecule has 0 unspecified atom stereocenters. The molecular weight excluding hydrogens is 236 g/mol. The van der Waals surface area contributed by atoms with Crippen molar-refractivity contribution in [2.45, 2.75) is 32.4 Å². The summed E-state index contributed by atoms with van der Waals surface area (Å²) in [5.74, 6) is 0.695. The second kappa shape index (κ2) is 5.02. The lowest BCUT2D eigenvalue weighted by Gasteiger charge is -2.15. The standard InChI is InChI=1S/C16H18N2O/c1-11-6-7-14(10-17)16(18-11)19-15-8-12-4-2-3-5-13(12)9-15/h2-7,15H,8-10,17H2,1H3. The molecule has 0 saturated carbocycles. The molecule has 19 heavy (non-hydrogen) atoms. The van der Waals surface area contributed by atoms with Gasteiger partial charge in [-0.1, -0.05) is 30.3 Å². The highest BCUT2D eigenvalue weighted by Gasteiger charge is 2.23. The second-order valence-corrected chi connectivity index (χ2v) is 5.04. The highest BCUT2D eigenvalue weighted by atomic mass is 16.5. The lowest BCUT2D eigenvalue weighted by Crippen LogP contribution is -2.18. The largest absolute Gasteiger partial charge is 0.473 e. The Morgan fingerprint density at radius 1 is 1.16 bits per heavy atom. The number of hydrogen-bond donors (Lipinski definition) is 1. The Hall–Kier alpha value is -1.87. The molecule has 0 atom stereocenters. The lowest BCUT2D eigenvalue weighted by molar-refractivity contribution is 0.202. The van der Waals surface area contributed by atoms with Crippen molar-refractivity contribution in [3.8, 4) is 5.88 Å². The van der Waals surface area contributed by atoms with Crippen molar-refractivity contribution in [3.63, 3.8) is 0 Å². The van der Waals surface area contributed by atoms with Crippen LogP contribution in [-0.4, -0.2) is 11.1 Å². The molecule has 3 heteroatoms. The minimum atomic E-state index is 0.178. The van der Waals surface area contributed by atoms with Crippen molar-refractivity contribution < 1.29 is 4.74 Å². The van der Waals surface area contributed by atoms with E-state index in [2.05, 4.69) is 29.2 Å². The lowest BCUT2D eigenvalue weighted by atomic mass is 10.1. The number of ether oxygens (including phenoxy) is 1. The average molecular weight is 254 g/mol. The molecule has 3 nitrogen and oxygen atoms in total. The molecule has 1 heterocycles. The maximum Gasteiger partial charge on any atom is 0.218 e. The molecule has 0 saturated heterocycles. The predicted molar refractivity (Wildman–Crippen MR) is 75.1 cm³/mol. The SMILES string of the molecule is Cc1ccc(CN)c(OC2Cc3ccccc3C2)n1. The maximum absolute atomic E-state index is 6.07. The number of aromatic nitrogens is 1. The van der Waals surface area contributed by atoms with E-state index in [-0.39, 0.29) is 6.10 Å². The summed E-state index contributed by atoms with van der Waals surface area (Å²) in [5.41, 5.74) is 10.4. The third-order valence-electron chi connectivity index (χ3n) is 3.59. The molecule has 1 aliphatic rings. The molecule has 2 aromatic rings. The van der Waals surface area contributed by atoms with Crippen molar-refractivity contribution in [1.82, 2.24) is 4.98 Å². The van der Waals surface area contributed by atoms with Gasteiger partial charge in [-0.15, -0.1) is 0 Å². The Morgan fingerprint density at radius 3 is 2.47 bits per heavy atom. The van der Waals surface area contributed by atoms with Gasteiger partial charge in [0.05, 0.1) is 0 Å². The molecule has 0 fully saturated rings. The summed E-state index contributed by atoms with van der Waals surface area (Å²) in [7, 11) is 0. The first-order valence-electron chi connectivity index (χ1n) is 6.66. The van der Waals surface area contributed by atoms with Crippen molar-refractivity contribution in [3.05, 3.63) is 58.8 Å². The molecule has 0 radical (unpaired) electrons. The van der Waals surface area contributed by atoms with Crippen LogP contribution in [0.2, 0.25) is 0 Å². The fourth-order valence-corrected chi connectivity index (χ4v) is 2.58. The minimum Gasteiger partial charge on any atom is -0.473 e. The fraction of sp³-hybridized carbons (Fsp3) is 0.312.